The van der Waals surface area contributed by atoms with E-state index in [2.05, 4.69) is 10.0 Å². The fraction of sp³-hybridized carbons (Fsp3) is 0.130. The third-order valence-corrected chi connectivity index (χ3v) is 5.84. The van der Waals surface area contributed by atoms with Crippen LogP contribution in [-0.4, -0.2) is 33.9 Å². The Morgan fingerprint density at radius 2 is 1.61 bits per heavy atom. The van der Waals surface area contributed by atoms with Crippen molar-refractivity contribution in [3.63, 3.8) is 0 Å². The first kappa shape index (κ1) is 23.6. The number of hydrogen-bond acceptors (Lipinski definition) is 6. The summed E-state index contributed by atoms with van der Waals surface area (Å²) >= 11 is 0. The van der Waals surface area contributed by atoms with E-state index in [-0.39, 0.29) is 17.9 Å². The van der Waals surface area contributed by atoms with Crippen molar-refractivity contribution in [3.8, 4) is 11.5 Å². The number of benzene rings is 3. The fourth-order valence-corrected chi connectivity index (χ4v) is 3.92. The third kappa shape index (κ3) is 6.97. The van der Waals surface area contributed by atoms with Crippen LogP contribution < -0.4 is 25.2 Å². The number of hydrogen-bond donors (Lipinski definition) is 3. The summed E-state index contributed by atoms with van der Waals surface area (Å²) in [4.78, 5) is 23.1. The maximum absolute atomic E-state index is 12.6. The summed E-state index contributed by atoms with van der Waals surface area (Å²) in [5.74, 6) is 0.0326. The standard InChI is InChI=1S/C23H23N3O6S/c1-31-20-4-2-3-18(14-20)26-33(29,30)21-11-9-19(10-12-21)32-15-23(28)25-17-7-5-16(6-8-17)13-22(24)27/h2-12,14,26H,13,15H2,1H3,(H2,24,27)(H,25,28). The minimum Gasteiger partial charge on any atom is -0.497 e. The molecule has 0 spiro atoms. The highest BCUT2D eigenvalue weighted by molar-refractivity contribution is 7.92. The zero-order valence-corrected chi connectivity index (χ0v) is 18.6. The van der Waals surface area contributed by atoms with Gasteiger partial charge >= 0.3 is 0 Å². The van der Waals surface area contributed by atoms with E-state index in [1.54, 1.807) is 48.5 Å². The van der Waals surface area contributed by atoms with Gasteiger partial charge in [0.15, 0.2) is 6.61 Å². The van der Waals surface area contributed by atoms with Gasteiger partial charge in [-0.05, 0) is 54.1 Å². The van der Waals surface area contributed by atoms with E-state index < -0.39 is 21.8 Å². The van der Waals surface area contributed by atoms with Gasteiger partial charge in [-0.25, -0.2) is 8.42 Å². The molecule has 0 aliphatic heterocycles. The molecule has 0 heterocycles. The Morgan fingerprint density at radius 1 is 0.909 bits per heavy atom. The molecule has 0 aromatic heterocycles. The van der Waals surface area contributed by atoms with E-state index in [1.165, 1.54) is 31.4 Å². The maximum Gasteiger partial charge on any atom is 0.262 e. The van der Waals surface area contributed by atoms with E-state index in [0.29, 0.717) is 22.9 Å². The molecule has 0 saturated heterocycles. The molecule has 0 atom stereocenters. The molecule has 33 heavy (non-hydrogen) atoms. The van der Waals surface area contributed by atoms with E-state index in [0.717, 1.165) is 5.56 Å². The van der Waals surface area contributed by atoms with E-state index in [9.17, 15) is 18.0 Å². The summed E-state index contributed by atoms with van der Waals surface area (Å²) in [6.07, 6.45) is 0.123. The van der Waals surface area contributed by atoms with Crippen molar-refractivity contribution in [2.45, 2.75) is 11.3 Å². The van der Waals surface area contributed by atoms with Crippen LogP contribution in [0.25, 0.3) is 0 Å². The minimum absolute atomic E-state index is 0.0400. The van der Waals surface area contributed by atoms with Crippen LogP contribution in [0.2, 0.25) is 0 Å². The number of ether oxygens (including phenoxy) is 2. The highest BCUT2D eigenvalue weighted by atomic mass is 32.2. The average molecular weight is 470 g/mol. The number of nitrogens with two attached hydrogens (primary N) is 1. The Kier molecular flexibility index (Phi) is 7.52. The topological polar surface area (TPSA) is 137 Å². The van der Waals surface area contributed by atoms with Crippen LogP contribution >= 0.6 is 0 Å². The minimum atomic E-state index is -3.81. The number of methoxy groups -OCH3 is 1. The zero-order valence-electron chi connectivity index (χ0n) is 17.8. The van der Waals surface area contributed by atoms with Crippen LogP contribution in [0, 0.1) is 0 Å². The van der Waals surface area contributed by atoms with Crippen LogP contribution in [0.5, 0.6) is 11.5 Å². The predicted octanol–water partition coefficient (Wildman–Crippen LogP) is 2.54. The zero-order chi connectivity index (χ0) is 23.8. The number of carbonyl (C=O) groups is 2. The first-order chi connectivity index (χ1) is 15.7. The van der Waals surface area contributed by atoms with Crippen LogP contribution in [-0.2, 0) is 26.0 Å². The lowest BCUT2D eigenvalue weighted by atomic mass is 10.1. The van der Waals surface area contributed by atoms with Gasteiger partial charge in [0.05, 0.1) is 24.1 Å². The number of primary amides is 1. The van der Waals surface area contributed by atoms with E-state index in [1.807, 2.05) is 0 Å². The Balaban J connectivity index is 1.54. The normalized spacial score (nSPS) is 10.8. The molecule has 3 aromatic carbocycles. The van der Waals surface area contributed by atoms with Crippen LogP contribution in [0.1, 0.15) is 5.56 Å². The molecule has 0 radical (unpaired) electrons. The number of nitrogens with one attached hydrogen (secondary N) is 2. The molecule has 0 unspecified atom stereocenters. The second-order valence-corrected chi connectivity index (χ2v) is 8.67. The summed E-state index contributed by atoms with van der Waals surface area (Å²) in [5.41, 5.74) is 6.81. The summed E-state index contributed by atoms with van der Waals surface area (Å²) in [7, 11) is -2.31. The molecule has 0 bridgehead atoms. The Hall–Kier alpha value is -4.05. The molecule has 172 valence electrons. The van der Waals surface area contributed by atoms with Gasteiger partial charge in [-0.3, -0.25) is 14.3 Å². The summed E-state index contributed by atoms with van der Waals surface area (Å²) in [6, 6.07) is 19.0. The molecule has 4 N–H and O–H groups in total. The fourth-order valence-electron chi connectivity index (χ4n) is 2.87. The Bertz CT molecular complexity index is 1230. The molecule has 0 fully saturated rings. The van der Waals surface area contributed by atoms with Gasteiger partial charge in [-0.15, -0.1) is 0 Å². The second-order valence-electron chi connectivity index (χ2n) is 6.99. The van der Waals surface area contributed by atoms with Gasteiger partial charge in [0.2, 0.25) is 5.91 Å². The highest BCUT2D eigenvalue weighted by Gasteiger charge is 2.15. The van der Waals surface area contributed by atoms with Crippen molar-refractivity contribution < 1.29 is 27.5 Å². The van der Waals surface area contributed by atoms with Crippen LogP contribution in [0.4, 0.5) is 11.4 Å². The first-order valence-corrected chi connectivity index (χ1v) is 11.3. The van der Waals surface area contributed by atoms with Gasteiger partial charge in [0.25, 0.3) is 15.9 Å². The lowest BCUT2D eigenvalue weighted by molar-refractivity contribution is -0.118. The lowest BCUT2D eigenvalue weighted by Gasteiger charge is -2.11. The molecule has 0 aliphatic carbocycles. The monoisotopic (exact) mass is 469 g/mol. The van der Waals surface area contributed by atoms with Crippen molar-refractivity contribution in [1.29, 1.82) is 0 Å². The average Bonchev–Trinajstić information content (AvgIpc) is 2.79. The van der Waals surface area contributed by atoms with E-state index in [4.69, 9.17) is 15.2 Å². The van der Waals surface area contributed by atoms with Crippen molar-refractivity contribution in [2.75, 3.05) is 23.8 Å². The predicted molar refractivity (Wildman–Crippen MR) is 124 cm³/mol. The number of rotatable bonds is 10. The van der Waals surface area contributed by atoms with Gasteiger partial charge < -0.3 is 20.5 Å². The largest absolute Gasteiger partial charge is 0.497 e. The summed E-state index contributed by atoms with van der Waals surface area (Å²) in [6.45, 7) is -0.267. The molecule has 0 aliphatic rings. The number of carbonyl (C=O) groups excluding carboxylic acids is 2. The molecule has 10 heteroatoms. The third-order valence-electron chi connectivity index (χ3n) is 4.44. The van der Waals surface area contributed by atoms with Gasteiger partial charge in [0.1, 0.15) is 11.5 Å². The van der Waals surface area contributed by atoms with Crippen LogP contribution in [0.3, 0.4) is 0 Å². The number of amides is 2. The Labute approximate surface area is 191 Å². The Morgan fingerprint density at radius 3 is 2.24 bits per heavy atom. The first-order valence-electron chi connectivity index (χ1n) is 9.82. The van der Waals surface area contributed by atoms with Gasteiger partial charge in [0, 0.05) is 11.8 Å². The number of sulfonamides is 1. The molecule has 2 amide bonds. The van der Waals surface area contributed by atoms with E-state index >= 15 is 0 Å². The van der Waals surface area contributed by atoms with Gasteiger partial charge in [-0.2, -0.15) is 0 Å². The van der Waals surface area contributed by atoms with Crippen molar-refractivity contribution in [3.05, 3.63) is 78.4 Å². The second kappa shape index (κ2) is 10.5. The molecule has 0 saturated carbocycles. The van der Waals surface area contributed by atoms with Crippen molar-refractivity contribution >= 4 is 33.2 Å². The molecular formula is C23H23N3O6S. The SMILES string of the molecule is COc1cccc(NS(=O)(=O)c2ccc(OCC(=O)Nc3ccc(CC(N)=O)cc3)cc2)c1. The lowest BCUT2D eigenvalue weighted by Crippen LogP contribution is -2.20. The number of anilines is 2. The molecular weight excluding hydrogens is 446 g/mol. The smallest absolute Gasteiger partial charge is 0.262 e. The molecule has 3 rings (SSSR count). The molecule has 9 nitrogen and oxygen atoms in total. The quantitative estimate of drug-likeness (QED) is 0.417. The maximum atomic E-state index is 12.6. The molecule has 3 aromatic rings. The summed E-state index contributed by atoms with van der Waals surface area (Å²) in [5, 5.41) is 2.67. The highest BCUT2D eigenvalue weighted by Crippen LogP contribution is 2.22. The summed E-state index contributed by atoms with van der Waals surface area (Å²) < 4.78 is 38.2. The van der Waals surface area contributed by atoms with Crippen LogP contribution in [0.15, 0.2) is 77.7 Å². The van der Waals surface area contributed by atoms with Gasteiger partial charge in [-0.1, -0.05) is 18.2 Å². The van der Waals surface area contributed by atoms with Crippen molar-refractivity contribution in [2.24, 2.45) is 5.73 Å². The van der Waals surface area contributed by atoms with Crippen molar-refractivity contribution in [1.82, 2.24) is 0 Å².